The number of aliphatic carboxylic acids is 1. The summed E-state index contributed by atoms with van der Waals surface area (Å²) in [5, 5.41) is 26.4. The first-order chi connectivity index (χ1) is 15.0. The molecule has 0 aromatic heterocycles. The van der Waals surface area contributed by atoms with Crippen LogP contribution in [-0.2, 0) is 25.6 Å². The number of carbonyl (C=O) groups excluding carboxylic acids is 3. The lowest BCUT2D eigenvalue weighted by atomic mass is 9.97. The SMILES string of the molecule is CCC(C)C(NC(=O)CNC(=O)C(N)C(C)C)C(=O)NC(Cc1ccc(O)cc1)C(=O)O. The molecule has 0 aliphatic carbocycles. The molecule has 0 fully saturated rings. The molecule has 0 bridgehead atoms. The largest absolute Gasteiger partial charge is 0.508 e. The predicted molar refractivity (Wildman–Crippen MR) is 119 cm³/mol. The van der Waals surface area contributed by atoms with E-state index < -0.39 is 41.8 Å². The van der Waals surface area contributed by atoms with Crippen LogP contribution < -0.4 is 21.7 Å². The van der Waals surface area contributed by atoms with Crippen molar-refractivity contribution in [1.29, 1.82) is 0 Å². The summed E-state index contributed by atoms with van der Waals surface area (Å²) in [6, 6.07) is 3.03. The second-order valence-electron chi connectivity index (χ2n) is 8.19. The Balaban J connectivity index is 2.80. The average molecular weight is 451 g/mol. The zero-order chi connectivity index (χ0) is 24.4. The first kappa shape index (κ1) is 26.9. The van der Waals surface area contributed by atoms with Gasteiger partial charge in [0.2, 0.25) is 17.7 Å². The minimum absolute atomic E-state index is 0.00563. The van der Waals surface area contributed by atoms with Crippen molar-refractivity contribution < 1.29 is 29.4 Å². The molecule has 10 heteroatoms. The van der Waals surface area contributed by atoms with Gasteiger partial charge in [-0.3, -0.25) is 14.4 Å². The molecule has 0 saturated heterocycles. The van der Waals surface area contributed by atoms with Gasteiger partial charge in [-0.25, -0.2) is 4.79 Å². The van der Waals surface area contributed by atoms with Crippen LogP contribution in [0.3, 0.4) is 0 Å². The van der Waals surface area contributed by atoms with E-state index in [-0.39, 0.29) is 30.6 Å². The van der Waals surface area contributed by atoms with Crippen LogP contribution in [0.2, 0.25) is 0 Å². The highest BCUT2D eigenvalue weighted by Crippen LogP contribution is 2.13. The molecule has 7 N–H and O–H groups in total. The van der Waals surface area contributed by atoms with Gasteiger partial charge in [-0.15, -0.1) is 0 Å². The van der Waals surface area contributed by atoms with Crippen molar-refractivity contribution >= 4 is 23.7 Å². The maximum Gasteiger partial charge on any atom is 0.326 e. The van der Waals surface area contributed by atoms with Gasteiger partial charge < -0.3 is 31.9 Å². The Morgan fingerprint density at radius 2 is 1.59 bits per heavy atom. The van der Waals surface area contributed by atoms with Crippen molar-refractivity contribution in [2.45, 2.75) is 58.7 Å². The molecule has 4 unspecified atom stereocenters. The molecule has 1 aromatic rings. The number of carboxylic acids is 1. The summed E-state index contributed by atoms with van der Waals surface area (Å²) < 4.78 is 0. The monoisotopic (exact) mass is 450 g/mol. The van der Waals surface area contributed by atoms with Gasteiger partial charge in [-0.1, -0.05) is 46.2 Å². The van der Waals surface area contributed by atoms with Crippen molar-refractivity contribution in [1.82, 2.24) is 16.0 Å². The fourth-order valence-electron chi connectivity index (χ4n) is 2.84. The molecule has 0 aliphatic rings. The number of aromatic hydroxyl groups is 1. The second-order valence-corrected chi connectivity index (χ2v) is 8.19. The lowest BCUT2D eigenvalue weighted by Gasteiger charge is -2.26. The predicted octanol–water partition coefficient (Wildman–Crippen LogP) is 0.135. The summed E-state index contributed by atoms with van der Waals surface area (Å²) in [6.45, 7) is 6.81. The first-order valence-corrected chi connectivity index (χ1v) is 10.6. The topological polar surface area (TPSA) is 171 Å². The fourth-order valence-corrected chi connectivity index (χ4v) is 2.84. The molecule has 0 saturated carbocycles. The van der Waals surface area contributed by atoms with Crippen molar-refractivity contribution in [3.05, 3.63) is 29.8 Å². The molecular formula is C22H34N4O6. The van der Waals surface area contributed by atoms with E-state index in [0.717, 1.165) is 0 Å². The number of hydrogen-bond acceptors (Lipinski definition) is 6. The van der Waals surface area contributed by atoms with Crippen LogP contribution in [0.1, 0.15) is 39.7 Å². The summed E-state index contributed by atoms with van der Waals surface area (Å²) in [4.78, 5) is 48.8. The number of benzene rings is 1. The fraction of sp³-hybridized carbons (Fsp3) is 0.545. The van der Waals surface area contributed by atoms with Gasteiger partial charge >= 0.3 is 5.97 Å². The Kier molecular flexibility index (Phi) is 10.6. The van der Waals surface area contributed by atoms with Gasteiger partial charge in [0.15, 0.2) is 0 Å². The molecule has 10 nitrogen and oxygen atoms in total. The molecule has 3 amide bonds. The van der Waals surface area contributed by atoms with Crippen LogP contribution in [-0.4, -0.2) is 58.6 Å². The second kappa shape index (κ2) is 12.7. The Morgan fingerprint density at radius 3 is 2.09 bits per heavy atom. The summed E-state index contributed by atoms with van der Waals surface area (Å²) in [5.74, 6) is -3.25. The van der Waals surface area contributed by atoms with E-state index in [4.69, 9.17) is 5.73 Å². The van der Waals surface area contributed by atoms with E-state index in [1.807, 2.05) is 6.92 Å². The van der Waals surface area contributed by atoms with Crippen LogP contribution >= 0.6 is 0 Å². The molecule has 0 spiro atoms. The highest BCUT2D eigenvalue weighted by molar-refractivity contribution is 5.92. The first-order valence-electron chi connectivity index (χ1n) is 10.6. The van der Waals surface area contributed by atoms with Gasteiger partial charge in [0, 0.05) is 6.42 Å². The number of carboxylic acid groups (broad SMARTS) is 1. The number of phenolic OH excluding ortho intramolecular Hbond substituents is 1. The quantitative estimate of drug-likeness (QED) is 0.263. The van der Waals surface area contributed by atoms with Gasteiger partial charge in [0.1, 0.15) is 17.8 Å². The molecule has 1 rings (SSSR count). The van der Waals surface area contributed by atoms with E-state index in [1.54, 1.807) is 32.9 Å². The Morgan fingerprint density at radius 1 is 1.00 bits per heavy atom. The molecule has 32 heavy (non-hydrogen) atoms. The van der Waals surface area contributed by atoms with E-state index in [2.05, 4.69) is 16.0 Å². The zero-order valence-corrected chi connectivity index (χ0v) is 18.9. The highest BCUT2D eigenvalue weighted by atomic mass is 16.4. The summed E-state index contributed by atoms with van der Waals surface area (Å²) >= 11 is 0. The zero-order valence-electron chi connectivity index (χ0n) is 18.9. The van der Waals surface area contributed by atoms with Crippen LogP contribution in [0.4, 0.5) is 0 Å². The van der Waals surface area contributed by atoms with Crippen molar-refractivity contribution in [2.75, 3.05) is 6.54 Å². The van der Waals surface area contributed by atoms with E-state index in [1.165, 1.54) is 12.1 Å². The third-order valence-electron chi connectivity index (χ3n) is 5.25. The summed E-state index contributed by atoms with van der Waals surface area (Å²) in [7, 11) is 0. The van der Waals surface area contributed by atoms with Crippen molar-refractivity contribution in [3.8, 4) is 5.75 Å². The standard InChI is InChI=1S/C22H34N4O6/c1-5-13(4)19(26-17(28)11-24-20(29)18(23)12(2)3)21(30)25-16(22(31)32)10-14-6-8-15(27)9-7-14/h6-9,12-13,16,18-19,27H,5,10-11,23H2,1-4H3,(H,24,29)(H,25,30)(H,26,28)(H,31,32). The third kappa shape index (κ3) is 8.54. The van der Waals surface area contributed by atoms with Crippen LogP contribution in [0.5, 0.6) is 5.75 Å². The van der Waals surface area contributed by atoms with Crippen LogP contribution in [0.25, 0.3) is 0 Å². The van der Waals surface area contributed by atoms with Crippen LogP contribution in [0.15, 0.2) is 24.3 Å². The smallest absolute Gasteiger partial charge is 0.326 e. The van der Waals surface area contributed by atoms with E-state index in [0.29, 0.717) is 12.0 Å². The summed E-state index contributed by atoms with van der Waals surface area (Å²) in [5.41, 5.74) is 6.36. The lowest BCUT2D eigenvalue weighted by Crippen LogP contribution is -2.56. The molecule has 178 valence electrons. The number of phenols is 1. The molecule has 4 atom stereocenters. The molecule has 0 radical (unpaired) electrons. The average Bonchev–Trinajstić information content (AvgIpc) is 2.75. The Bertz CT molecular complexity index is 796. The number of nitrogens with one attached hydrogen (secondary N) is 3. The van der Waals surface area contributed by atoms with E-state index >= 15 is 0 Å². The maximum absolute atomic E-state index is 12.8. The lowest BCUT2D eigenvalue weighted by molar-refractivity contribution is -0.142. The van der Waals surface area contributed by atoms with Crippen molar-refractivity contribution in [3.63, 3.8) is 0 Å². The number of nitrogens with two attached hydrogens (primary N) is 1. The number of carbonyl (C=O) groups is 4. The van der Waals surface area contributed by atoms with Crippen molar-refractivity contribution in [2.24, 2.45) is 17.6 Å². The number of amides is 3. The molecule has 0 aliphatic heterocycles. The number of hydrogen-bond donors (Lipinski definition) is 6. The Hall–Kier alpha value is -3.14. The van der Waals surface area contributed by atoms with Gasteiger partial charge in [0.25, 0.3) is 0 Å². The number of rotatable bonds is 12. The molecule has 0 heterocycles. The molecule has 1 aromatic carbocycles. The summed E-state index contributed by atoms with van der Waals surface area (Å²) in [6.07, 6.45) is 0.560. The molecular weight excluding hydrogens is 416 g/mol. The Labute approximate surface area is 187 Å². The minimum Gasteiger partial charge on any atom is -0.508 e. The minimum atomic E-state index is -1.23. The van der Waals surface area contributed by atoms with E-state index in [9.17, 15) is 29.4 Å². The van der Waals surface area contributed by atoms with Gasteiger partial charge in [0.05, 0.1) is 12.6 Å². The van der Waals surface area contributed by atoms with Crippen LogP contribution in [0, 0.1) is 11.8 Å². The normalized spacial score (nSPS) is 14.7. The van der Waals surface area contributed by atoms with Gasteiger partial charge in [-0.05, 0) is 29.5 Å². The maximum atomic E-state index is 12.8. The highest BCUT2D eigenvalue weighted by Gasteiger charge is 2.30. The van der Waals surface area contributed by atoms with Gasteiger partial charge in [-0.2, -0.15) is 0 Å². The third-order valence-corrected chi connectivity index (χ3v) is 5.25.